The molecule has 0 aromatic heterocycles. The second-order valence-corrected chi connectivity index (χ2v) is 24.3. The lowest BCUT2D eigenvalue weighted by molar-refractivity contribution is -0.148. The van der Waals surface area contributed by atoms with E-state index in [9.17, 15) is 43.2 Å². The predicted molar refractivity (Wildman–Crippen MR) is 346 cm³/mol. The largest absolute Gasteiger partial charge is 0.444 e. The minimum Gasteiger partial charge on any atom is -0.444 e. The molecular weight excluding hydrogens is 1190 g/mol. The molecule has 6 unspecified atom stereocenters. The van der Waals surface area contributed by atoms with E-state index in [1.54, 1.807) is 99.6 Å². The van der Waals surface area contributed by atoms with E-state index in [1.165, 1.54) is 19.6 Å². The topological polar surface area (TPSA) is 264 Å². The van der Waals surface area contributed by atoms with E-state index >= 15 is 0 Å². The van der Waals surface area contributed by atoms with Gasteiger partial charge >= 0.3 is 6.09 Å². The van der Waals surface area contributed by atoms with Gasteiger partial charge in [0.1, 0.15) is 29.8 Å². The average Bonchev–Trinajstić information content (AvgIpc) is 1.56. The van der Waals surface area contributed by atoms with E-state index in [0.717, 1.165) is 32.7 Å². The van der Waals surface area contributed by atoms with Gasteiger partial charge in [-0.2, -0.15) is 0 Å². The van der Waals surface area contributed by atoms with Crippen LogP contribution < -0.4 is 27.4 Å². The fraction of sp³-hybridized carbons (Fsp3) is 0.319. The van der Waals surface area contributed by atoms with Crippen LogP contribution in [0.15, 0.2) is 164 Å². The van der Waals surface area contributed by atoms with E-state index < -0.39 is 95.2 Å². The molecule has 2 saturated heterocycles. The number of alkyl carbamates (subject to hydrolysis) is 1. The maximum atomic E-state index is 14.5. The number of ether oxygens (including phenoxy) is 1. The highest BCUT2D eigenvalue weighted by molar-refractivity contribution is 6.31. The molecule has 2 aliphatic rings. The Hall–Kier alpha value is -9.33. The maximum absolute atomic E-state index is 14.5. The van der Waals surface area contributed by atoms with Crippen LogP contribution in [0.2, 0.25) is 10.0 Å². The van der Waals surface area contributed by atoms with Gasteiger partial charge in [-0.15, -0.1) is 0 Å². The Bertz CT molecular complexity index is 3780. The molecular formula is C69H75Cl2N9O10. The molecule has 0 saturated carbocycles. The van der Waals surface area contributed by atoms with Crippen molar-refractivity contribution in [3.63, 3.8) is 0 Å². The molecule has 470 valence electrons. The van der Waals surface area contributed by atoms with Crippen LogP contribution in [0, 0.1) is 0 Å². The summed E-state index contributed by atoms with van der Waals surface area (Å²) in [5.41, 5.74) is 14.4. The SMILES string of the molecule is CC1CCN(C(Cc2cccc3ccccc23)C(N)=O)C(=O)C(c2cccc(Cl)c2)N1C(=O)CNC(=O)CCNC(=O)OC(C)(C)C.CC1CCN(C(Cc2cccc3ccccc23)C(N)=O)C(=O)C(c2cccc(Cl)c2)N1C(=O)CNC(=O)c1ccccc1. The molecule has 2 aliphatic heterocycles. The highest BCUT2D eigenvalue weighted by atomic mass is 35.5. The number of rotatable bonds is 18. The number of nitrogens with one attached hydrogen (secondary N) is 3. The Morgan fingerprint density at radius 2 is 0.978 bits per heavy atom. The fourth-order valence-electron chi connectivity index (χ4n) is 11.5. The lowest BCUT2D eigenvalue weighted by Gasteiger charge is -2.36. The molecule has 9 rings (SSSR count). The van der Waals surface area contributed by atoms with Crippen molar-refractivity contribution in [1.29, 1.82) is 0 Å². The quantitative estimate of drug-likeness (QED) is 0.0546. The van der Waals surface area contributed by atoms with Gasteiger partial charge in [-0.1, -0.05) is 151 Å². The van der Waals surface area contributed by atoms with Crippen LogP contribution in [-0.2, 0) is 51.1 Å². The number of hydrogen-bond acceptors (Lipinski definition) is 10. The van der Waals surface area contributed by atoms with Gasteiger partial charge < -0.3 is 51.8 Å². The molecule has 0 aliphatic carbocycles. The number of carbonyl (C=O) groups excluding carboxylic acids is 9. The number of amides is 9. The number of carbonyl (C=O) groups is 9. The Kier molecular flexibility index (Phi) is 22.4. The standard InChI is InChI=1S/C35H42ClN5O6.C34H33ClN4O4/c1-22-16-18-40(28(32(37)44)20-24-11-7-10-23-9-5-6-14-27(23)24)33(45)31(25-12-8-13-26(36)19-25)41(22)30(43)21-39-29(42)15-17-38-34(46)47-35(2,3)4;1-22-17-18-38(29(32(36)41)20-25-13-7-12-23-9-5-6-16-28(23)25)34(43)31(26-14-8-15-27(35)19-26)39(22)30(40)21-37-33(42)24-10-3-2-4-11-24/h5-14,19,22,28,31H,15-18,20-21H2,1-4H3,(H2,37,44)(H,38,46)(H,39,42);2-16,19,22,29,31H,17-18,20-21H2,1H3,(H2,36,41)(H,37,42). The van der Waals surface area contributed by atoms with E-state index in [0.29, 0.717) is 39.6 Å². The van der Waals surface area contributed by atoms with E-state index in [1.807, 2.05) is 98.8 Å². The van der Waals surface area contributed by atoms with Crippen LogP contribution in [0.4, 0.5) is 4.79 Å². The van der Waals surface area contributed by atoms with Crippen LogP contribution in [0.25, 0.3) is 21.5 Å². The molecule has 90 heavy (non-hydrogen) atoms. The Labute approximate surface area is 533 Å². The molecule has 7 aromatic carbocycles. The molecule has 6 atom stereocenters. The Morgan fingerprint density at radius 3 is 1.42 bits per heavy atom. The first-order chi connectivity index (χ1) is 43.0. The van der Waals surface area contributed by atoms with Gasteiger partial charge in [0.15, 0.2) is 0 Å². The highest BCUT2D eigenvalue weighted by Crippen LogP contribution is 2.35. The van der Waals surface area contributed by atoms with E-state index in [-0.39, 0.29) is 52.0 Å². The first-order valence-corrected chi connectivity index (χ1v) is 30.6. The normalized spacial score (nSPS) is 17.6. The molecule has 0 spiro atoms. The van der Waals surface area contributed by atoms with Gasteiger partial charge in [0.25, 0.3) is 17.7 Å². The summed E-state index contributed by atoms with van der Waals surface area (Å²) in [7, 11) is 0. The number of nitrogens with two attached hydrogens (primary N) is 2. The number of fused-ring (bicyclic) bond motifs is 2. The lowest BCUT2D eigenvalue weighted by atomic mass is 9.96. The maximum Gasteiger partial charge on any atom is 0.407 e. The summed E-state index contributed by atoms with van der Waals surface area (Å²) in [6.07, 6.45) is 0.450. The van der Waals surface area contributed by atoms with Gasteiger partial charge in [-0.25, -0.2) is 4.79 Å². The van der Waals surface area contributed by atoms with Crippen molar-refractivity contribution in [1.82, 2.24) is 35.6 Å². The average molecular weight is 1260 g/mol. The summed E-state index contributed by atoms with van der Waals surface area (Å²) in [5.74, 6) is -3.97. The monoisotopic (exact) mass is 1260 g/mol. The zero-order chi connectivity index (χ0) is 64.8. The number of halogens is 2. The van der Waals surface area contributed by atoms with Gasteiger partial charge in [0.05, 0.1) is 13.1 Å². The number of benzene rings is 7. The third kappa shape index (κ3) is 16.9. The van der Waals surface area contributed by atoms with Crippen LogP contribution in [0.5, 0.6) is 0 Å². The predicted octanol–water partition coefficient (Wildman–Crippen LogP) is 8.62. The smallest absolute Gasteiger partial charge is 0.407 e. The lowest BCUT2D eigenvalue weighted by Crippen LogP contribution is -2.53. The van der Waals surface area contributed by atoms with Crippen molar-refractivity contribution >= 4 is 98.1 Å². The van der Waals surface area contributed by atoms with Gasteiger partial charge in [0.2, 0.25) is 29.5 Å². The number of nitrogens with zero attached hydrogens (tertiary/aromatic N) is 4. The zero-order valence-corrected chi connectivity index (χ0v) is 52.4. The summed E-state index contributed by atoms with van der Waals surface area (Å²) in [5, 5.41) is 12.5. The van der Waals surface area contributed by atoms with Gasteiger partial charge in [0, 0.05) is 66.6 Å². The second-order valence-electron chi connectivity index (χ2n) is 23.4. The molecule has 19 nitrogen and oxygen atoms in total. The van der Waals surface area contributed by atoms with Crippen LogP contribution in [0.1, 0.15) is 98.6 Å². The molecule has 0 radical (unpaired) electrons. The first-order valence-electron chi connectivity index (χ1n) is 29.8. The molecule has 9 amide bonds. The summed E-state index contributed by atoms with van der Waals surface area (Å²) < 4.78 is 5.17. The minimum absolute atomic E-state index is 0.0127. The van der Waals surface area contributed by atoms with Crippen molar-refractivity contribution in [2.24, 2.45) is 11.5 Å². The number of hydrogen-bond donors (Lipinski definition) is 5. The molecule has 7 N–H and O–H groups in total. The van der Waals surface area contributed by atoms with Crippen molar-refractivity contribution in [3.8, 4) is 0 Å². The molecule has 2 fully saturated rings. The van der Waals surface area contributed by atoms with Crippen LogP contribution in [0.3, 0.4) is 0 Å². The van der Waals surface area contributed by atoms with Gasteiger partial charge in [-0.3, -0.25) is 38.4 Å². The summed E-state index contributed by atoms with van der Waals surface area (Å²) >= 11 is 12.7. The fourth-order valence-corrected chi connectivity index (χ4v) is 11.9. The van der Waals surface area contributed by atoms with E-state index in [2.05, 4.69) is 16.0 Å². The highest BCUT2D eigenvalue weighted by Gasteiger charge is 2.45. The van der Waals surface area contributed by atoms with Crippen LogP contribution in [-0.4, -0.2) is 135 Å². The molecule has 7 aromatic rings. The summed E-state index contributed by atoms with van der Waals surface area (Å²) in [4.78, 5) is 126. The molecule has 2 heterocycles. The van der Waals surface area contributed by atoms with Crippen molar-refractivity contribution < 1.29 is 47.9 Å². The van der Waals surface area contributed by atoms with E-state index in [4.69, 9.17) is 39.4 Å². The van der Waals surface area contributed by atoms with Crippen LogP contribution >= 0.6 is 23.2 Å². The minimum atomic E-state index is -1.13. The molecule has 0 bridgehead atoms. The first kappa shape index (κ1) is 66.6. The third-order valence-corrected chi connectivity index (χ3v) is 16.4. The van der Waals surface area contributed by atoms with Crippen molar-refractivity contribution in [2.75, 3.05) is 32.7 Å². The third-order valence-electron chi connectivity index (χ3n) is 15.9. The second kappa shape index (κ2) is 30.3. The zero-order valence-electron chi connectivity index (χ0n) is 50.9. The van der Waals surface area contributed by atoms with Crippen molar-refractivity contribution in [3.05, 3.63) is 202 Å². The summed E-state index contributed by atoms with van der Waals surface area (Å²) in [6.45, 7) is 8.60. The Morgan fingerprint density at radius 1 is 0.556 bits per heavy atom. The molecule has 21 heteroatoms. The van der Waals surface area contributed by atoms with Gasteiger partial charge in [-0.05, 0) is 128 Å². The number of primary amides is 2. The Balaban J connectivity index is 0.000000233. The summed E-state index contributed by atoms with van der Waals surface area (Å²) in [6, 6.07) is 44.4. The van der Waals surface area contributed by atoms with Crippen molar-refractivity contribution in [2.45, 2.75) is 109 Å².